The van der Waals surface area contributed by atoms with Crippen molar-refractivity contribution in [3.05, 3.63) is 58.4 Å². The number of amides is 1. The molecule has 0 atom stereocenters. The number of carbonyl (C=O) groups is 1. The van der Waals surface area contributed by atoms with Gasteiger partial charge in [0.15, 0.2) is 17.5 Å². The molecule has 3 nitrogen and oxygen atoms in total. The number of anilines is 1. The number of benzene rings is 2. The molecule has 24 heavy (non-hydrogen) atoms. The molecule has 0 unspecified atom stereocenters. The third-order valence-corrected chi connectivity index (χ3v) is 4.51. The number of carbonyl (C=O) groups excluding carboxylic acids is 1. The minimum Gasteiger partial charge on any atom is -0.322 e. The molecule has 0 fully saturated rings. The summed E-state index contributed by atoms with van der Waals surface area (Å²) in [5.74, 6) is -5.34. The van der Waals surface area contributed by atoms with Crippen LogP contribution in [-0.2, 0) is 6.42 Å². The number of rotatable bonds is 4. The Bertz CT molecular complexity index is 924. The number of nitrogens with one attached hydrogen (secondary N) is 1. The molecule has 0 aliphatic heterocycles. The first-order valence-corrected chi connectivity index (χ1v) is 8.15. The maximum Gasteiger partial charge on any atom is 0.258 e. The topological polar surface area (TPSA) is 42.0 Å². The smallest absolute Gasteiger partial charge is 0.258 e. The number of nitrogens with zero attached hydrogens (tertiary/aromatic N) is 1. The van der Waals surface area contributed by atoms with Crippen molar-refractivity contribution < 1.29 is 18.0 Å². The van der Waals surface area contributed by atoms with Gasteiger partial charge in [0.05, 0.1) is 20.8 Å². The Morgan fingerprint density at radius 2 is 1.96 bits per heavy atom. The predicted octanol–water partition coefficient (Wildman–Crippen LogP) is 4.92. The quantitative estimate of drug-likeness (QED) is 0.679. The normalized spacial score (nSPS) is 11.0. The molecule has 0 saturated heterocycles. The molecule has 0 radical (unpaired) electrons. The standard InChI is InChI=1S/C17H13F3N2OS/c1-2-3-14-22-12-7-4-9(8-13(12)24-14)21-17(23)10-5-6-11(18)16(20)15(10)19/h4-8H,2-3H2,1H3,(H,21,23). The Balaban J connectivity index is 1.86. The van der Waals surface area contributed by atoms with Gasteiger partial charge in [-0.25, -0.2) is 18.2 Å². The molecule has 7 heteroatoms. The van der Waals surface area contributed by atoms with E-state index in [4.69, 9.17) is 0 Å². The second-order valence-corrected chi connectivity index (χ2v) is 6.33. The maximum absolute atomic E-state index is 13.7. The molecule has 0 saturated carbocycles. The van der Waals surface area contributed by atoms with E-state index in [1.54, 1.807) is 18.2 Å². The molecule has 0 aliphatic carbocycles. The van der Waals surface area contributed by atoms with Gasteiger partial charge in [-0.2, -0.15) is 0 Å². The van der Waals surface area contributed by atoms with E-state index < -0.39 is 28.9 Å². The molecule has 1 heterocycles. The van der Waals surface area contributed by atoms with Gasteiger partial charge in [-0.15, -0.1) is 11.3 Å². The maximum atomic E-state index is 13.7. The number of thiazole rings is 1. The molecule has 2 aromatic carbocycles. The number of aromatic nitrogens is 1. The fraction of sp³-hybridized carbons (Fsp3) is 0.176. The summed E-state index contributed by atoms with van der Waals surface area (Å²) in [7, 11) is 0. The summed E-state index contributed by atoms with van der Waals surface area (Å²) in [6.07, 6.45) is 1.86. The van der Waals surface area contributed by atoms with Crippen LogP contribution in [0.25, 0.3) is 10.2 Å². The highest BCUT2D eigenvalue weighted by molar-refractivity contribution is 7.18. The lowest BCUT2D eigenvalue weighted by molar-refractivity contribution is 0.102. The van der Waals surface area contributed by atoms with Crippen LogP contribution >= 0.6 is 11.3 Å². The van der Waals surface area contributed by atoms with Crippen LogP contribution in [0.5, 0.6) is 0 Å². The summed E-state index contributed by atoms with van der Waals surface area (Å²) < 4.78 is 40.7. The van der Waals surface area contributed by atoms with Crippen molar-refractivity contribution in [2.75, 3.05) is 5.32 Å². The zero-order chi connectivity index (χ0) is 17.3. The Morgan fingerprint density at radius 1 is 1.17 bits per heavy atom. The van der Waals surface area contributed by atoms with Gasteiger partial charge in [0.1, 0.15) is 0 Å². The second-order valence-electron chi connectivity index (χ2n) is 5.22. The Labute approximate surface area is 140 Å². The van der Waals surface area contributed by atoms with Crippen molar-refractivity contribution >= 4 is 33.1 Å². The lowest BCUT2D eigenvalue weighted by Gasteiger charge is -2.07. The molecule has 1 amide bonds. The van der Waals surface area contributed by atoms with Gasteiger partial charge < -0.3 is 5.32 Å². The van der Waals surface area contributed by atoms with Gasteiger partial charge in [0.25, 0.3) is 5.91 Å². The third kappa shape index (κ3) is 3.12. The van der Waals surface area contributed by atoms with Crippen LogP contribution < -0.4 is 5.32 Å². The van der Waals surface area contributed by atoms with Crippen molar-refractivity contribution in [2.24, 2.45) is 0 Å². The first-order valence-electron chi connectivity index (χ1n) is 7.34. The first kappa shape index (κ1) is 16.4. The summed E-state index contributed by atoms with van der Waals surface area (Å²) in [4.78, 5) is 16.6. The number of aryl methyl sites for hydroxylation is 1. The van der Waals surface area contributed by atoms with Gasteiger partial charge >= 0.3 is 0 Å². The molecule has 0 aliphatic rings. The van der Waals surface area contributed by atoms with Crippen LogP contribution in [0.3, 0.4) is 0 Å². The van der Waals surface area contributed by atoms with E-state index in [2.05, 4.69) is 17.2 Å². The zero-order valence-corrected chi connectivity index (χ0v) is 13.5. The summed E-state index contributed by atoms with van der Waals surface area (Å²) in [6, 6.07) is 6.74. The number of fused-ring (bicyclic) bond motifs is 1. The van der Waals surface area contributed by atoms with Gasteiger partial charge in [-0.1, -0.05) is 6.92 Å². The Morgan fingerprint density at radius 3 is 2.71 bits per heavy atom. The lowest BCUT2D eigenvalue weighted by atomic mass is 10.1. The molecule has 1 N–H and O–H groups in total. The third-order valence-electron chi connectivity index (χ3n) is 3.43. The van der Waals surface area contributed by atoms with Gasteiger partial charge in [0, 0.05) is 5.69 Å². The fourth-order valence-corrected chi connectivity index (χ4v) is 3.38. The SMILES string of the molecule is CCCc1nc2ccc(NC(=O)c3ccc(F)c(F)c3F)cc2s1. The van der Waals surface area contributed by atoms with Crippen molar-refractivity contribution in [2.45, 2.75) is 19.8 Å². The van der Waals surface area contributed by atoms with Crippen LogP contribution in [0.1, 0.15) is 28.7 Å². The van der Waals surface area contributed by atoms with Crippen LogP contribution in [0, 0.1) is 17.5 Å². The number of hydrogen-bond donors (Lipinski definition) is 1. The predicted molar refractivity (Wildman–Crippen MR) is 87.9 cm³/mol. The van der Waals surface area contributed by atoms with Crippen molar-refractivity contribution in [1.82, 2.24) is 4.98 Å². The van der Waals surface area contributed by atoms with E-state index in [0.717, 1.165) is 40.2 Å². The van der Waals surface area contributed by atoms with Crippen LogP contribution in [0.15, 0.2) is 30.3 Å². The first-order chi connectivity index (χ1) is 11.5. The van der Waals surface area contributed by atoms with E-state index in [0.29, 0.717) is 5.69 Å². The van der Waals surface area contributed by atoms with E-state index in [-0.39, 0.29) is 0 Å². The molecular weight excluding hydrogens is 337 g/mol. The summed E-state index contributed by atoms with van der Waals surface area (Å²) in [5.41, 5.74) is 0.703. The number of hydrogen-bond acceptors (Lipinski definition) is 3. The fourth-order valence-electron chi connectivity index (χ4n) is 2.27. The summed E-state index contributed by atoms with van der Waals surface area (Å²) >= 11 is 1.52. The van der Waals surface area contributed by atoms with E-state index >= 15 is 0 Å². The van der Waals surface area contributed by atoms with Crippen LogP contribution in [0.4, 0.5) is 18.9 Å². The highest BCUT2D eigenvalue weighted by Gasteiger charge is 2.19. The van der Waals surface area contributed by atoms with Crippen molar-refractivity contribution in [1.29, 1.82) is 0 Å². The highest BCUT2D eigenvalue weighted by atomic mass is 32.1. The summed E-state index contributed by atoms with van der Waals surface area (Å²) in [5, 5.41) is 3.49. The van der Waals surface area contributed by atoms with Crippen LogP contribution in [-0.4, -0.2) is 10.9 Å². The van der Waals surface area contributed by atoms with Crippen LogP contribution in [0.2, 0.25) is 0 Å². The van der Waals surface area contributed by atoms with Gasteiger partial charge in [-0.3, -0.25) is 4.79 Å². The monoisotopic (exact) mass is 350 g/mol. The molecule has 0 bridgehead atoms. The van der Waals surface area contributed by atoms with E-state index in [1.807, 2.05) is 0 Å². The molecule has 1 aromatic heterocycles. The van der Waals surface area contributed by atoms with Gasteiger partial charge in [0.2, 0.25) is 0 Å². The highest BCUT2D eigenvalue weighted by Crippen LogP contribution is 2.26. The van der Waals surface area contributed by atoms with E-state index in [1.165, 1.54) is 11.3 Å². The minimum atomic E-state index is -1.66. The minimum absolute atomic E-state index is 0.434. The second kappa shape index (κ2) is 6.60. The molecule has 0 spiro atoms. The molecule has 3 rings (SSSR count). The number of halogens is 3. The molecule has 124 valence electrons. The molecule has 3 aromatic rings. The Kier molecular flexibility index (Phi) is 4.53. The molecular formula is C17H13F3N2OS. The zero-order valence-electron chi connectivity index (χ0n) is 12.7. The summed E-state index contributed by atoms with van der Waals surface area (Å²) in [6.45, 7) is 2.06. The largest absolute Gasteiger partial charge is 0.322 e. The van der Waals surface area contributed by atoms with Crippen molar-refractivity contribution in [3.8, 4) is 0 Å². The van der Waals surface area contributed by atoms with Crippen molar-refractivity contribution in [3.63, 3.8) is 0 Å². The average molecular weight is 350 g/mol. The average Bonchev–Trinajstić information content (AvgIpc) is 2.94. The Hall–Kier alpha value is -2.41. The van der Waals surface area contributed by atoms with Gasteiger partial charge in [-0.05, 0) is 43.2 Å². The van der Waals surface area contributed by atoms with E-state index in [9.17, 15) is 18.0 Å². The lowest BCUT2D eigenvalue weighted by Crippen LogP contribution is -2.15.